The summed E-state index contributed by atoms with van der Waals surface area (Å²) in [5.74, 6) is -0.144. The average Bonchev–Trinajstić information content (AvgIpc) is 3.11. The van der Waals surface area contributed by atoms with Crippen molar-refractivity contribution < 1.29 is 56.4 Å². The van der Waals surface area contributed by atoms with Crippen molar-refractivity contribution in [3.63, 3.8) is 0 Å². The zero-order valence-electron chi connectivity index (χ0n) is 22.7. The molecule has 0 amide bonds. The summed E-state index contributed by atoms with van der Waals surface area (Å²) < 4.78 is 64.4. The molecule has 230 valence electrons. The number of carbonyl (C=O) groups excluding carboxylic acids is 2. The lowest BCUT2D eigenvalue weighted by Gasteiger charge is -2.31. The Balaban J connectivity index is 2.25. The number of anilines is 1. The Labute approximate surface area is 232 Å². The number of alkyl halides is 1. The SMILES string of the molecule is CC(C)OC(=O)OCOP(=O)(CC[C@@]1(CN=[N+]=[N-])O[C@@H](n2ccc(N)nc2=O)[C@H](F)[C@@H]1O)OCOC(=O)OC(C)C. The summed E-state index contributed by atoms with van der Waals surface area (Å²) in [7, 11) is -4.39. The topological polar surface area (TPSA) is 246 Å². The van der Waals surface area contributed by atoms with Gasteiger partial charge in [0.05, 0.1) is 24.9 Å². The molecule has 1 aromatic rings. The molecular formula is C21H32FN6O12P. The third-order valence-corrected chi connectivity index (χ3v) is 7.09. The number of aromatic nitrogens is 2. The van der Waals surface area contributed by atoms with Crippen molar-refractivity contribution in [3.8, 4) is 0 Å². The van der Waals surface area contributed by atoms with E-state index in [1.807, 2.05) is 0 Å². The molecule has 2 heterocycles. The zero-order valence-corrected chi connectivity index (χ0v) is 23.5. The van der Waals surface area contributed by atoms with Crippen LogP contribution in [0.2, 0.25) is 0 Å². The van der Waals surface area contributed by atoms with Crippen LogP contribution in [-0.2, 0) is 37.3 Å². The smallest absolute Gasteiger partial charge is 0.432 e. The second kappa shape index (κ2) is 15.0. The molecule has 3 N–H and O–H groups in total. The maximum absolute atomic E-state index is 15.3. The Bertz CT molecular complexity index is 1180. The molecule has 0 aliphatic carbocycles. The minimum atomic E-state index is -4.39. The summed E-state index contributed by atoms with van der Waals surface area (Å²) >= 11 is 0. The van der Waals surface area contributed by atoms with Crippen LogP contribution >= 0.6 is 7.60 Å². The van der Waals surface area contributed by atoms with Gasteiger partial charge in [0.25, 0.3) is 0 Å². The fourth-order valence-corrected chi connectivity index (χ4v) is 4.89. The van der Waals surface area contributed by atoms with E-state index in [-0.39, 0.29) is 5.82 Å². The fraction of sp³-hybridized carbons (Fsp3) is 0.714. The van der Waals surface area contributed by atoms with E-state index in [2.05, 4.69) is 15.0 Å². The van der Waals surface area contributed by atoms with Crippen LogP contribution in [0.25, 0.3) is 10.4 Å². The minimum Gasteiger partial charge on any atom is -0.432 e. The average molecular weight is 610 g/mol. The molecule has 1 aliphatic rings. The normalized spacial score (nSPS) is 22.3. The molecule has 0 radical (unpaired) electrons. The summed E-state index contributed by atoms with van der Waals surface area (Å²) in [6.45, 7) is 3.67. The number of halogens is 1. The molecule has 1 saturated heterocycles. The third kappa shape index (κ3) is 9.84. The molecule has 18 nitrogen and oxygen atoms in total. The summed E-state index contributed by atoms with van der Waals surface area (Å²) in [6, 6.07) is 1.20. The summed E-state index contributed by atoms with van der Waals surface area (Å²) in [6.07, 6.45) is -9.47. The standard InChI is InChI=1S/C21H32FN6O12P/c1-12(2)38-19(31)34-10-36-41(33,37-11-35-20(32)39-13(3)4)8-6-21(9-25-27-24)16(29)15(22)17(40-21)28-7-5-14(23)26-18(28)30/h5,7,12-13,15-17,29H,6,8-11H2,1-4H3,(H2,23,26,30)/t15-,16+,17-,21+/m1/s1. The van der Waals surface area contributed by atoms with Gasteiger partial charge in [-0.15, -0.1) is 0 Å². The van der Waals surface area contributed by atoms with Crippen molar-refractivity contribution in [2.45, 2.75) is 70.4 Å². The van der Waals surface area contributed by atoms with Crippen LogP contribution in [0.1, 0.15) is 40.3 Å². The van der Waals surface area contributed by atoms with Crippen molar-refractivity contribution in [3.05, 3.63) is 33.2 Å². The van der Waals surface area contributed by atoms with Crippen LogP contribution in [-0.4, -0.2) is 83.3 Å². The Kier molecular flexibility index (Phi) is 12.3. The number of aliphatic hydroxyl groups excluding tert-OH is 1. The molecule has 20 heteroatoms. The molecule has 1 aromatic heterocycles. The number of hydrogen-bond acceptors (Lipinski definition) is 15. The number of nitrogens with zero attached hydrogens (tertiary/aromatic N) is 5. The van der Waals surface area contributed by atoms with E-state index >= 15 is 4.39 Å². The van der Waals surface area contributed by atoms with Gasteiger partial charge < -0.3 is 34.5 Å². The quantitative estimate of drug-likeness (QED) is 0.0768. The first-order chi connectivity index (χ1) is 19.2. The molecule has 1 aliphatic heterocycles. The van der Waals surface area contributed by atoms with Gasteiger partial charge in [-0.05, 0) is 45.7 Å². The Morgan fingerprint density at radius 2 is 1.80 bits per heavy atom. The van der Waals surface area contributed by atoms with Crippen molar-refractivity contribution in [1.29, 1.82) is 0 Å². The van der Waals surface area contributed by atoms with Crippen molar-refractivity contribution in [2.75, 3.05) is 32.0 Å². The van der Waals surface area contributed by atoms with Gasteiger partial charge in [0, 0.05) is 11.1 Å². The van der Waals surface area contributed by atoms with Crippen LogP contribution in [0.4, 0.5) is 19.8 Å². The number of azide groups is 1. The largest absolute Gasteiger partial charge is 0.510 e. The molecule has 0 aromatic carbocycles. The number of ether oxygens (including phenoxy) is 5. The molecule has 4 atom stereocenters. The molecule has 1 fully saturated rings. The van der Waals surface area contributed by atoms with E-state index in [0.717, 1.165) is 10.8 Å². The van der Waals surface area contributed by atoms with E-state index < -0.39 is 94.6 Å². The van der Waals surface area contributed by atoms with Gasteiger partial charge in [0.2, 0.25) is 13.6 Å². The van der Waals surface area contributed by atoms with Gasteiger partial charge >= 0.3 is 25.6 Å². The second-order valence-electron chi connectivity index (χ2n) is 9.09. The first kappa shape index (κ1) is 33.7. The molecule has 0 unspecified atom stereocenters. The van der Waals surface area contributed by atoms with E-state index in [1.165, 1.54) is 6.07 Å². The van der Waals surface area contributed by atoms with Crippen LogP contribution in [0.15, 0.2) is 22.2 Å². The number of carbonyl (C=O) groups is 2. The zero-order chi connectivity index (χ0) is 30.8. The van der Waals surface area contributed by atoms with Gasteiger partial charge in [-0.3, -0.25) is 18.2 Å². The lowest BCUT2D eigenvalue weighted by Crippen LogP contribution is -2.45. The number of rotatable bonds is 14. The molecular weight excluding hydrogens is 578 g/mol. The molecule has 0 bridgehead atoms. The molecule has 2 rings (SSSR count). The van der Waals surface area contributed by atoms with Crippen LogP contribution in [0, 0.1) is 0 Å². The van der Waals surface area contributed by atoms with E-state index in [4.69, 9.17) is 44.0 Å². The number of nitrogens with two attached hydrogens (primary N) is 1. The maximum atomic E-state index is 15.3. The Morgan fingerprint density at radius 1 is 1.24 bits per heavy atom. The van der Waals surface area contributed by atoms with Crippen molar-refractivity contribution in [1.82, 2.24) is 9.55 Å². The Hall–Kier alpha value is -3.47. The van der Waals surface area contributed by atoms with Crippen molar-refractivity contribution >= 4 is 25.7 Å². The highest BCUT2D eigenvalue weighted by molar-refractivity contribution is 7.53. The summed E-state index contributed by atoms with van der Waals surface area (Å²) in [5, 5.41) is 14.2. The summed E-state index contributed by atoms with van der Waals surface area (Å²) in [4.78, 5) is 41.7. The minimum absolute atomic E-state index is 0.144. The molecule has 0 saturated carbocycles. The first-order valence-electron chi connectivity index (χ1n) is 12.1. The Morgan fingerprint density at radius 3 is 2.29 bits per heavy atom. The van der Waals surface area contributed by atoms with Gasteiger partial charge in [0.15, 0.2) is 12.4 Å². The van der Waals surface area contributed by atoms with Gasteiger partial charge in [-0.2, -0.15) is 4.98 Å². The van der Waals surface area contributed by atoms with Crippen molar-refractivity contribution in [2.24, 2.45) is 5.11 Å². The monoisotopic (exact) mass is 610 g/mol. The lowest BCUT2D eigenvalue weighted by molar-refractivity contribution is -0.101. The molecule has 0 spiro atoms. The van der Waals surface area contributed by atoms with Gasteiger partial charge in [-0.25, -0.2) is 18.8 Å². The van der Waals surface area contributed by atoms with Gasteiger partial charge in [0.1, 0.15) is 17.5 Å². The number of nitrogen functional groups attached to an aromatic ring is 1. The number of aliphatic hydroxyl groups is 1. The fourth-order valence-electron chi connectivity index (χ4n) is 3.47. The lowest BCUT2D eigenvalue weighted by atomic mass is 9.93. The first-order valence-corrected chi connectivity index (χ1v) is 13.8. The molecule has 41 heavy (non-hydrogen) atoms. The van der Waals surface area contributed by atoms with Crippen LogP contribution in [0.5, 0.6) is 0 Å². The van der Waals surface area contributed by atoms with Crippen LogP contribution < -0.4 is 11.4 Å². The maximum Gasteiger partial charge on any atom is 0.510 e. The third-order valence-electron chi connectivity index (χ3n) is 5.32. The van der Waals surface area contributed by atoms with Gasteiger partial charge in [-0.1, -0.05) is 5.11 Å². The van der Waals surface area contributed by atoms with E-state index in [0.29, 0.717) is 0 Å². The predicted octanol–water partition coefficient (Wildman–Crippen LogP) is 2.76. The highest BCUT2D eigenvalue weighted by Crippen LogP contribution is 2.52. The highest BCUT2D eigenvalue weighted by Gasteiger charge is 2.56. The summed E-state index contributed by atoms with van der Waals surface area (Å²) in [5.41, 5.74) is 11.3. The van der Waals surface area contributed by atoms with E-state index in [1.54, 1.807) is 27.7 Å². The second-order valence-corrected chi connectivity index (χ2v) is 11.3. The predicted molar refractivity (Wildman–Crippen MR) is 135 cm³/mol. The number of hydrogen-bond donors (Lipinski definition) is 2. The van der Waals surface area contributed by atoms with E-state index in [9.17, 15) is 24.1 Å². The highest BCUT2D eigenvalue weighted by atomic mass is 31.2. The van der Waals surface area contributed by atoms with Crippen LogP contribution in [0.3, 0.4) is 0 Å².